The third-order valence-corrected chi connectivity index (χ3v) is 10.6. The van der Waals surface area contributed by atoms with Gasteiger partial charge in [-0.2, -0.15) is 0 Å². The maximum absolute atomic E-state index is 5.22. The lowest BCUT2D eigenvalue weighted by Gasteiger charge is -2.16. The molecule has 0 bridgehead atoms. The van der Waals surface area contributed by atoms with Gasteiger partial charge in [0.2, 0.25) is 0 Å². The summed E-state index contributed by atoms with van der Waals surface area (Å²) in [7, 11) is 0. The Bertz CT molecular complexity index is 2810. The highest BCUT2D eigenvalue weighted by molar-refractivity contribution is 7.21. The van der Waals surface area contributed by atoms with Gasteiger partial charge in [0.05, 0.1) is 26.9 Å². The first-order chi connectivity index (χ1) is 25.8. The molecule has 3 heterocycles. The van der Waals surface area contributed by atoms with Gasteiger partial charge in [-0.3, -0.25) is 0 Å². The molecule has 0 radical (unpaired) electrons. The predicted molar refractivity (Wildman–Crippen MR) is 215 cm³/mol. The van der Waals surface area contributed by atoms with Crippen LogP contribution >= 0.6 is 11.3 Å². The van der Waals surface area contributed by atoms with E-state index in [0.717, 1.165) is 54.2 Å². The van der Waals surface area contributed by atoms with E-state index >= 15 is 0 Å². The van der Waals surface area contributed by atoms with Crippen LogP contribution in [0.3, 0.4) is 0 Å². The number of hydrogen-bond donors (Lipinski definition) is 0. The fourth-order valence-corrected chi connectivity index (χ4v) is 8.07. The fourth-order valence-electron chi connectivity index (χ4n) is 7.11. The number of rotatable bonds is 6. The van der Waals surface area contributed by atoms with Crippen molar-refractivity contribution < 1.29 is 0 Å². The molecule has 0 aliphatic heterocycles. The van der Waals surface area contributed by atoms with Crippen LogP contribution in [0.15, 0.2) is 176 Å². The molecule has 7 aromatic carbocycles. The van der Waals surface area contributed by atoms with Crippen LogP contribution in [0, 0.1) is 0 Å². The number of nitrogens with zero attached hydrogens (tertiary/aromatic N) is 5. The molecule has 3 aromatic heterocycles. The predicted octanol–water partition coefficient (Wildman–Crippen LogP) is 11.9. The Morgan fingerprint density at radius 2 is 1.00 bits per heavy atom. The molecule has 6 heteroatoms. The largest absolute Gasteiger partial charge is 0.308 e. The molecule has 0 aliphatic rings. The maximum atomic E-state index is 5.22. The van der Waals surface area contributed by atoms with Gasteiger partial charge in [-0.1, -0.05) is 133 Å². The van der Waals surface area contributed by atoms with Gasteiger partial charge >= 0.3 is 0 Å². The first-order valence-corrected chi connectivity index (χ1v) is 18.1. The summed E-state index contributed by atoms with van der Waals surface area (Å²) >= 11 is 1.69. The van der Waals surface area contributed by atoms with Crippen molar-refractivity contribution >= 4 is 43.4 Å². The summed E-state index contributed by atoms with van der Waals surface area (Å²) in [6.45, 7) is 0. The lowest BCUT2D eigenvalue weighted by molar-refractivity contribution is 1.06. The van der Waals surface area contributed by atoms with E-state index < -0.39 is 0 Å². The summed E-state index contributed by atoms with van der Waals surface area (Å²) in [6, 6.07) is 61.0. The highest BCUT2D eigenvalue weighted by Crippen LogP contribution is 2.42. The van der Waals surface area contributed by atoms with E-state index in [1.54, 1.807) is 11.3 Å². The number of benzene rings is 7. The van der Waals surface area contributed by atoms with Crippen LogP contribution in [0.1, 0.15) is 0 Å². The van der Waals surface area contributed by atoms with Crippen LogP contribution in [0.2, 0.25) is 0 Å². The second kappa shape index (κ2) is 12.5. The Morgan fingerprint density at radius 3 is 1.71 bits per heavy atom. The minimum Gasteiger partial charge on any atom is -0.308 e. The molecule has 5 nitrogen and oxygen atoms in total. The third-order valence-electron chi connectivity index (χ3n) is 9.50. The van der Waals surface area contributed by atoms with E-state index in [1.165, 1.54) is 21.9 Å². The molecule has 0 spiro atoms. The molecular weight excluding hydrogens is 655 g/mol. The zero-order chi connectivity index (χ0) is 34.4. The maximum Gasteiger partial charge on any atom is 0.166 e. The molecule has 10 aromatic rings. The molecular formula is C46H29N5S. The summed E-state index contributed by atoms with van der Waals surface area (Å²) in [5.41, 5.74) is 10.3. The number of thiazole rings is 1. The number of fused-ring (bicyclic) bond motifs is 4. The molecule has 0 saturated carbocycles. The molecule has 0 aliphatic carbocycles. The van der Waals surface area contributed by atoms with Crippen molar-refractivity contribution in [3.05, 3.63) is 176 Å². The fraction of sp³-hybridized carbons (Fsp3) is 0. The molecule has 52 heavy (non-hydrogen) atoms. The van der Waals surface area contributed by atoms with E-state index in [9.17, 15) is 0 Å². The molecule has 0 N–H and O–H groups in total. The standard InChI is InChI=1S/C46H29N5S/c1-4-15-30(16-5-1)34-22-14-25-40-42(34)35-21-10-12-24-38(35)51(40)39-28-27-33(46-47-37-23-11-13-26-41(37)52-46)29-36(39)45-49-43(31-17-6-2-7-18-31)48-44(50-45)32-19-8-3-9-20-32/h1-29H. The van der Waals surface area contributed by atoms with Crippen molar-refractivity contribution in [2.24, 2.45) is 0 Å². The zero-order valence-electron chi connectivity index (χ0n) is 27.9. The number of aromatic nitrogens is 5. The normalized spacial score (nSPS) is 11.5. The smallest absolute Gasteiger partial charge is 0.166 e. The van der Waals surface area contributed by atoms with Crippen molar-refractivity contribution in [1.82, 2.24) is 24.5 Å². The van der Waals surface area contributed by atoms with Crippen LogP contribution in [-0.4, -0.2) is 24.5 Å². The number of hydrogen-bond acceptors (Lipinski definition) is 5. The Labute approximate surface area is 304 Å². The average Bonchev–Trinajstić information content (AvgIpc) is 3.81. The van der Waals surface area contributed by atoms with E-state index in [4.69, 9.17) is 19.9 Å². The van der Waals surface area contributed by atoms with Gasteiger partial charge in [-0.25, -0.2) is 19.9 Å². The van der Waals surface area contributed by atoms with Gasteiger partial charge in [0.1, 0.15) is 5.01 Å². The summed E-state index contributed by atoms with van der Waals surface area (Å²) in [6.07, 6.45) is 0. The molecule has 0 atom stereocenters. The van der Waals surface area contributed by atoms with Crippen molar-refractivity contribution in [1.29, 1.82) is 0 Å². The van der Waals surface area contributed by atoms with Gasteiger partial charge in [-0.15, -0.1) is 11.3 Å². The third kappa shape index (κ3) is 5.16. The second-order valence-corrected chi connectivity index (χ2v) is 13.7. The quantitative estimate of drug-likeness (QED) is 0.175. The molecule has 0 unspecified atom stereocenters. The lowest BCUT2D eigenvalue weighted by Crippen LogP contribution is -2.04. The van der Waals surface area contributed by atoms with Crippen molar-refractivity contribution in [3.8, 4) is 61.5 Å². The first kappa shape index (κ1) is 30.1. The van der Waals surface area contributed by atoms with Gasteiger partial charge in [0.15, 0.2) is 17.5 Å². The first-order valence-electron chi connectivity index (χ1n) is 17.2. The Morgan fingerprint density at radius 1 is 0.404 bits per heavy atom. The Hall–Kier alpha value is -6.76. The van der Waals surface area contributed by atoms with Crippen LogP contribution in [0.5, 0.6) is 0 Å². The second-order valence-electron chi connectivity index (χ2n) is 12.7. The van der Waals surface area contributed by atoms with E-state index in [1.807, 2.05) is 66.7 Å². The highest BCUT2D eigenvalue weighted by Gasteiger charge is 2.22. The molecule has 0 fully saturated rings. The van der Waals surface area contributed by atoms with Gasteiger partial charge < -0.3 is 4.57 Å². The zero-order valence-corrected chi connectivity index (χ0v) is 28.7. The van der Waals surface area contributed by atoms with E-state index in [0.29, 0.717) is 17.5 Å². The van der Waals surface area contributed by atoms with Crippen molar-refractivity contribution in [2.75, 3.05) is 0 Å². The highest BCUT2D eigenvalue weighted by atomic mass is 32.1. The van der Waals surface area contributed by atoms with Gasteiger partial charge in [-0.05, 0) is 53.6 Å². The minimum absolute atomic E-state index is 0.593. The van der Waals surface area contributed by atoms with Crippen LogP contribution in [0.25, 0.3) is 93.6 Å². The van der Waals surface area contributed by atoms with Crippen molar-refractivity contribution in [3.63, 3.8) is 0 Å². The summed E-state index contributed by atoms with van der Waals surface area (Å²) in [5.74, 6) is 1.83. The van der Waals surface area contributed by atoms with E-state index in [2.05, 4.69) is 114 Å². The van der Waals surface area contributed by atoms with E-state index in [-0.39, 0.29) is 0 Å². The lowest BCUT2D eigenvalue weighted by atomic mass is 9.99. The molecule has 0 saturated heterocycles. The van der Waals surface area contributed by atoms with Crippen LogP contribution < -0.4 is 0 Å². The van der Waals surface area contributed by atoms with Gasteiger partial charge in [0, 0.05) is 33.0 Å². The molecule has 10 rings (SSSR count). The number of para-hydroxylation sites is 2. The summed E-state index contributed by atoms with van der Waals surface area (Å²) in [4.78, 5) is 20.5. The average molecular weight is 684 g/mol. The topological polar surface area (TPSA) is 56.5 Å². The monoisotopic (exact) mass is 683 g/mol. The van der Waals surface area contributed by atoms with Crippen molar-refractivity contribution in [2.45, 2.75) is 0 Å². The summed E-state index contributed by atoms with van der Waals surface area (Å²) < 4.78 is 3.51. The minimum atomic E-state index is 0.593. The summed E-state index contributed by atoms with van der Waals surface area (Å²) in [5, 5.41) is 3.34. The van der Waals surface area contributed by atoms with Gasteiger partial charge in [0.25, 0.3) is 0 Å². The van der Waals surface area contributed by atoms with Crippen LogP contribution in [0.4, 0.5) is 0 Å². The molecule has 244 valence electrons. The Kier molecular flexibility index (Phi) is 7.25. The SMILES string of the molecule is c1ccc(-c2nc(-c3ccccc3)nc(-c3cc(-c4nc5ccccc5s4)ccc3-n3c4ccccc4c4c(-c5ccccc5)cccc43)n2)cc1. The molecule has 0 amide bonds. The van der Waals surface area contributed by atoms with Crippen LogP contribution in [-0.2, 0) is 0 Å². The Balaban J connectivity index is 1.29.